The van der Waals surface area contributed by atoms with Crippen molar-refractivity contribution in [2.75, 3.05) is 49.2 Å². The number of benzene rings is 2. The molecule has 7 heteroatoms. The number of hydrogen-bond donors (Lipinski definition) is 2. The molecular formula is C27H26N5O2+. The quantitative estimate of drug-likeness (QED) is 0.496. The van der Waals surface area contributed by atoms with E-state index in [4.69, 9.17) is 4.74 Å². The van der Waals surface area contributed by atoms with Crippen molar-refractivity contribution in [1.29, 1.82) is 5.26 Å². The third-order valence-corrected chi connectivity index (χ3v) is 6.77. The molecule has 0 unspecified atom stereocenters. The predicted octanol–water partition coefficient (Wildman–Crippen LogP) is 3.21. The first-order valence-corrected chi connectivity index (χ1v) is 11.6. The minimum absolute atomic E-state index is 0.309. The lowest BCUT2D eigenvalue weighted by Crippen LogP contribution is -2.51. The fraction of sp³-hybridized carbons (Fsp3) is 0.259. The summed E-state index contributed by atoms with van der Waals surface area (Å²) in [6.07, 6.45) is 1.61. The van der Waals surface area contributed by atoms with E-state index in [1.807, 2.05) is 29.3 Å². The van der Waals surface area contributed by atoms with Crippen LogP contribution in [0.5, 0.6) is 0 Å². The van der Waals surface area contributed by atoms with Gasteiger partial charge in [-0.2, -0.15) is 5.26 Å². The fourth-order valence-electron chi connectivity index (χ4n) is 4.88. The summed E-state index contributed by atoms with van der Waals surface area (Å²) in [4.78, 5) is 11.2. The third-order valence-electron chi connectivity index (χ3n) is 6.77. The molecule has 2 aliphatic heterocycles. The van der Waals surface area contributed by atoms with Crippen LogP contribution in [0.1, 0.15) is 5.56 Å². The monoisotopic (exact) mass is 452 g/mol. The van der Waals surface area contributed by atoms with Gasteiger partial charge in [-0.3, -0.25) is 0 Å². The van der Waals surface area contributed by atoms with Crippen LogP contribution in [-0.2, 0) is 4.74 Å². The van der Waals surface area contributed by atoms with Crippen LogP contribution < -0.4 is 14.8 Å². The van der Waals surface area contributed by atoms with E-state index in [9.17, 15) is 10.4 Å². The number of morpholine rings is 1. The topological polar surface area (TPSA) is 89.7 Å². The highest BCUT2D eigenvalue weighted by atomic mass is 16.5. The number of nitrogens with zero attached hydrogens (tertiary/aromatic N) is 3. The zero-order valence-electron chi connectivity index (χ0n) is 18.8. The van der Waals surface area contributed by atoms with Crippen molar-refractivity contribution < 1.29 is 14.8 Å². The van der Waals surface area contributed by atoms with Gasteiger partial charge in [0.2, 0.25) is 0 Å². The zero-order chi connectivity index (χ0) is 23.1. The molecule has 2 aliphatic rings. The number of nitriles is 1. The number of H-pyrrole nitrogens is 2. The second-order valence-corrected chi connectivity index (χ2v) is 8.91. The Kier molecular flexibility index (Phi) is 5.17. The molecule has 170 valence electrons. The van der Waals surface area contributed by atoms with E-state index < -0.39 is 0 Å². The molecule has 0 aliphatic carbocycles. The van der Waals surface area contributed by atoms with Gasteiger partial charge in [0.1, 0.15) is 11.8 Å². The fourth-order valence-corrected chi connectivity index (χ4v) is 4.88. The number of nitrogens with one attached hydrogen (secondary N) is 2. The molecule has 0 spiro atoms. The predicted molar refractivity (Wildman–Crippen MR) is 132 cm³/mol. The van der Waals surface area contributed by atoms with E-state index in [1.54, 1.807) is 0 Å². The Balaban J connectivity index is 1.33. The van der Waals surface area contributed by atoms with E-state index in [2.05, 4.69) is 57.3 Å². The van der Waals surface area contributed by atoms with Crippen molar-refractivity contribution >= 4 is 22.4 Å². The summed E-state index contributed by atoms with van der Waals surface area (Å²) < 4.78 is 5.46. The average molecular weight is 453 g/mol. The lowest BCUT2D eigenvalue weighted by molar-refractivity contribution is -0.347. The molecule has 2 aromatic carbocycles. The van der Waals surface area contributed by atoms with E-state index in [-0.39, 0.29) is 6.10 Å². The Morgan fingerprint density at radius 2 is 1.74 bits per heavy atom. The van der Waals surface area contributed by atoms with Crippen molar-refractivity contribution in [3.8, 4) is 28.5 Å². The molecule has 34 heavy (non-hydrogen) atoms. The molecule has 0 radical (unpaired) electrons. The van der Waals surface area contributed by atoms with Gasteiger partial charge in [-0.15, -0.1) is 0 Å². The number of hydrogen-bond acceptors (Lipinski definition) is 5. The lowest BCUT2D eigenvalue weighted by atomic mass is 9.98. The number of pyridine rings is 1. The number of aromatic amines is 2. The Hall–Kier alpha value is -3.86. The van der Waals surface area contributed by atoms with Gasteiger partial charge in [-0.1, -0.05) is 6.07 Å². The van der Waals surface area contributed by atoms with Crippen LogP contribution in [0.2, 0.25) is 0 Å². The molecule has 2 fully saturated rings. The molecular weight excluding hydrogens is 426 g/mol. The molecule has 0 amide bonds. The van der Waals surface area contributed by atoms with Crippen LogP contribution in [0.25, 0.3) is 33.4 Å². The van der Waals surface area contributed by atoms with Crippen LogP contribution in [0.4, 0.5) is 11.4 Å². The molecule has 4 aromatic rings. The molecule has 0 atom stereocenters. The standard InChI is InChI=1S/C27H25N5O2/c28-15-20-13-19(3-6-26(20)32-16-22(33)17-32)23-7-8-29-27-24(23)14-25(30-27)18-1-4-21(5-2-18)31-9-11-34-12-10-31/h1-8,13-14,22,33H,9-12,16-17H2,(H,29,30)/p+1. The maximum atomic E-state index is 9.74. The highest BCUT2D eigenvalue weighted by molar-refractivity contribution is 5.95. The van der Waals surface area contributed by atoms with Gasteiger partial charge in [0.05, 0.1) is 42.2 Å². The van der Waals surface area contributed by atoms with Crippen molar-refractivity contribution in [2.24, 2.45) is 0 Å². The van der Waals surface area contributed by atoms with Gasteiger partial charge in [-0.25, -0.2) is 9.97 Å². The summed E-state index contributed by atoms with van der Waals surface area (Å²) >= 11 is 0. The van der Waals surface area contributed by atoms with Crippen molar-refractivity contribution in [3.63, 3.8) is 0 Å². The van der Waals surface area contributed by atoms with Crippen molar-refractivity contribution in [2.45, 2.75) is 6.10 Å². The van der Waals surface area contributed by atoms with Gasteiger partial charge < -0.3 is 19.6 Å². The normalized spacial score (nSPS) is 16.5. The summed E-state index contributed by atoms with van der Waals surface area (Å²) in [6.45, 7) is 4.54. The summed E-state index contributed by atoms with van der Waals surface area (Å²) in [5.74, 6) is 0. The number of aromatic nitrogens is 2. The van der Waals surface area contributed by atoms with Crippen LogP contribution in [0, 0.1) is 11.3 Å². The Morgan fingerprint density at radius 3 is 2.47 bits per heavy atom. The number of rotatable bonds is 4. The molecule has 3 N–H and O–H groups in total. The molecule has 2 aromatic heterocycles. The maximum Gasteiger partial charge on any atom is 0.285 e. The van der Waals surface area contributed by atoms with E-state index in [0.717, 1.165) is 65.4 Å². The molecule has 0 bridgehead atoms. The first kappa shape index (κ1) is 20.7. The molecule has 6 rings (SSSR count). The Bertz CT molecular complexity index is 1380. The first-order chi connectivity index (χ1) is 16.7. The van der Waals surface area contributed by atoms with Crippen LogP contribution in [-0.4, -0.2) is 55.6 Å². The third kappa shape index (κ3) is 3.67. The highest BCUT2D eigenvalue weighted by Crippen LogP contribution is 2.34. The number of aliphatic hydroxyl groups is 1. The summed E-state index contributed by atoms with van der Waals surface area (Å²) in [7, 11) is 0. The van der Waals surface area contributed by atoms with Crippen LogP contribution in [0.3, 0.4) is 0 Å². The summed E-state index contributed by atoms with van der Waals surface area (Å²) in [6, 6.07) is 21.2. The Labute approximate surface area is 197 Å². The maximum absolute atomic E-state index is 9.74. The van der Waals surface area contributed by atoms with Gasteiger partial charge in [0, 0.05) is 49.1 Å². The minimum Gasteiger partial charge on any atom is -0.389 e. The Morgan fingerprint density at radius 1 is 0.971 bits per heavy atom. The molecule has 2 saturated heterocycles. The summed E-state index contributed by atoms with van der Waals surface area (Å²) in [5.41, 5.74) is 7.88. The SMILES string of the molecule is N#Cc1cc(-c2cc[nH+]c3[nH]c(-c4ccc(N5CCOCC5)cc4)cc23)ccc1N1CC(O)C1. The highest BCUT2D eigenvalue weighted by Gasteiger charge is 2.26. The minimum atomic E-state index is -0.309. The van der Waals surface area contributed by atoms with Crippen molar-refractivity contribution in [3.05, 3.63) is 66.4 Å². The van der Waals surface area contributed by atoms with Gasteiger partial charge >= 0.3 is 0 Å². The smallest absolute Gasteiger partial charge is 0.285 e. The summed E-state index contributed by atoms with van der Waals surface area (Å²) in [5, 5.41) is 20.5. The number of β-amino-alcohol motifs (C(OH)–C–C–N with tert-alkyl or cyclic N) is 1. The second kappa shape index (κ2) is 8.49. The largest absolute Gasteiger partial charge is 0.389 e. The number of fused-ring (bicyclic) bond motifs is 1. The van der Waals surface area contributed by atoms with Gasteiger partial charge in [-0.05, 0) is 48.0 Å². The number of aliphatic hydroxyl groups excluding tert-OH is 1. The van der Waals surface area contributed by atoms with Crippen molar-refractivity contribution in [1.82, 2.24) is 4.98 Å². The van der Waals surface area contributed by atoms with Crippen LogP contribution >= 0.6 is 0 Å². The first-order valence-electron chi connectivity index (χ1n) is 11.6. The lowest BCUT2D eigenvalue weighted by Gasteiger charge is -2.38. The van der Waals surface area contributed by atoms with E-state index >= 15 is 0 Å². The van der Waals surface area contributed by atoms with E-state index in [1.165, 1.54) is 5.69 Å². The van der Waals surface area contributed by atoms with Crippen LogP contribution in [0.15, 0.2) is 60.8 Å². The second-order valence-electron chi connectivity index (χ2n) is 8.91. The molecule has 4 heterocycles. The zero-order valence-corrected chi connectivity index (χ0v) is 18.8. The van der Waals surface area contributed by atoms with Gasteiger partial charge in [0.25, 0.3) is 5.65 Å². The molecule has 0 saturated carbocycles. The number of anilines is 2. The molecule has 7 nitrogen and oxygen atoms in total. The number of ether oxygens (including phenoxy) is 1. The van der Waals surface area contributed by atoms with Gasteiger partial charge in [0.15, 0.2) is 0 Å². The van der Waals surface area contributed by atoms with E-state index in [0.29, 0.717) is 18.7 Å². The average Bonchev–Trinajstić information content (AvgIpc) is 3.32.